The number of nitrogens with one attached hydrogen (secondary N) is 1. The molecule has 5 heteroatoms. The minimum atomic E-state index is -0.269. The molecule has 0 radical (unpaired) electrons. The van der Waals surface area contributed by atoms with Gasteiger partial charge in [0.1, 0.15) is 5.69 Å². The number of anilines is 1. The van der Waals surface area contributed by atoms with Crippen molar-refractivity contribution in [1.82, 2.24) is 0 Å². The second-order valence-electron chi connectivity index (χ2n) is 10.1. The molecule has 3 rings (SSSR count). The highest BCUT2D eigenvalue weighted by Gasteiger charge is 2.46. The first-order valence-corrected chi connectivity index (χ1v) is 12.6. The predicted octanol–water partition coefficient (Wildman–Crippen LogP) is 4.31. The van der Waals surface area contributed by atoms with E-state index < -0.39 is 0 Å². The third-order valence-electron chi connectivity index (χ3n) is 6.54. The lowest BCUT2D eigenvalue weighted by Crippen LogP contribution is -3.09. The molecule has 1 aliphatic rings. The van der Waals surface area contributed by atoms with E-state index in [0.29, 0.717) is 23.7 Å². The van der Waals surface area contributed by atoms with E-state index in [1.807, 2.05) is 0 Å². The van der Waals surface area contributed by atoms with Gasteiger partial charge in [-0.3, -0.25) is 4.90 Å². The molecule has 0 bridgehead atoms. The minimum Gasteiger partial charge on any atom is -1.00 e. The highest BCUT2D eigenvalue weighted by Crippen LogP contribution is 2.39. The third kappa shape index (κ3) is 5.09. The monoisotopic (exact) mass is 496 g/mol. The Morgan fingerprint density at radius 3 is 1.47 bits per heavy atom. The summed E-state index contributed by atoms with van der Waals surface area (Å²) < 4.78 is 0. The fourth-order valence-electron chi connectivity index (χ4n) is 4.87. The Hall–Kier alpha value is -0.930. The van der Waals surface area contributed by atoms with E-state index in [4.69, 9.17) is 23.2 Å². The lowest BCUT2D eigenvalue weighted by Gasteiger charge is -2.28. The topological polar surface area (TPSA) is 7.68 Å². The third-order valence-corrected chi connectivity index (χ3v) is 7.66. The number of benzene rings is 2. The average Bonchev–Trinajstić information content (AvgIpc) is 3.00. The van der Waals surface area contributed by atoms with Crippen LogP contribution in [0.5, 0.6) is 0 Å². The van der Waals surface area contributed by atoms with Crippen LogP contribution in [0.1, 0.15) is 101 Å². The van der Waals surface area contributed by atoms with Gasteiger partial charge in [-0.2, -0.15) is 0 Å². The number of alkyl halides is 2. The van der Waals surface area contributed by atoms with Gasteiger partial charge in [0, 0.05) is 16.8 Å². The zero-order valence-corrected chi connectivity index (χ0v) is 23.0. The summed E-state index contributed by atoms with van der Waals surface area (Å²) in [7, 11) is 0. The molecule has 0 spiro atoms. The van der Waals surface area contributed by atoms with Gasteiger partial charge in [-0.1, -0.05) is 115 Å². The molecule has 0 aromatic heterocycles. The van der Waals surface area contributed by atoms with Gasteiger partial charge in [-0.05, 0) is 34.8 Å². The molecule has 1 aliphatic heterocycles. The molecule has 2 aromatic carbocycles. The van der Waals surface area contributed by atoms with Gasteiger partial charge in [0.2, 0.25) is 5.50 Å². The van der Waals surface area contributed by atoms with Crippen LogP contribution in [0.2, 0.25) is 0 Å². The molecule has 0 aliphatic carbocycles. The van der Waals surface area contributed by atoms with E-state index in [0.717, 1.165) is 6.67 Å². The Morgan fingerprint density at radius 1 is 0.719 bits per heavy atom. The molecule has 178 valence electrons. The summed E-state index contributed by atoms with van der Waals surface area (Å²) in [4.78, 5) is 3.63. The van der Waals surface area contributed by atoms with Gasteiger partial charge in [-0.25, -0.2) is 0 Å². The van der Waals surface area contributed by atoms with Gasteiger partial charge in [0.15, 0.2) is 12.2 Å². The normalized spacial score (nSPS) is 21.2. The second kappa shape index (κ2) is 11.0. The Labute approximate surface area is 211 Å². The molecule has 2 aromatic rings. The maximum absolute atomic E-state index is 7.11. The number of hydrogen-bond acceptors (Lipinski definition) is 1. The van der Waals surface area contributed by atoms with Crippen LogP contribution in [0.4, 0.5) is 11.4 Å². The Kier molecular flexibility index (Phi) is 9.39. The van der Waals surface area contributed by atoms with E-state index >= 15 is 0 Å². The van der Waals surface area contributed by atoms with Crippen LogP contribution in [0, 0.1) is 0 Å². The molecule has 3 unspecified atom stereocenters. The van der Waals surface area contributed by atoms with Crippen LogP contribution < -0.4 is 22.2 Å². The van der Waals surface area contributed by atoms with E-state index in [2.05, 4.69) is 96.7 Å². The standard InChI is InChI=1S/C27H38Cl2N2.ClH/c1-16(2)20-11-9-12-21(17(3)4)24(20)30-15-31(27(29)26(30)28)25-22(18(5)6)13-10-14-23(25)19(7)8;/h9-14,16-19,26-27H,15H2,1-8H3;1H. The van der Waals surface area contributed by atoms with Crippen molar-refractivity contribution in [3.63, 3.8) is 0 Å². The molecule has 0 amide bonds. The first-order chi connectivity index (χ1) is 14.6. The highest BCUT2D eigenvalue weighted by molar-refractivity contribution is 6.30. The summed E-state index contributed by atoms with van der Waals surface area (Å²) in [5.41, 5.74) is 7.58. The van der Waals surface area contributed by atoms with Crippen molar-refractivity contribution in [3.05, 3.63) is 58.7 Å². The summed E-state index contributed by atoms with van der Waals surface area (Å²) >= 11 is 14.2. The van der Waals surface area contributed by atoms with Crippen LogP contribution >= 0.6 is 23.2 Å². The van der Waals surface area contributed by atoms with Gasteiger partial charge < -0.3 is 17.3 Å². The summed E-state index contributed by atoms with van der Waals surface area (Å²) in [6, 6.07) is 13.4. The summed E-state index contributed by atoms with van der Waals surface area (Å²) in [5.74, 6) is 1.71. The van der Waals surface area contributed by atoms with Crippen molar-refractivity contribution in [3.8, 4) is 0 Å². The smallest absolute Gasteiger partial charge is 0.204 e. The van der Waals surface area contributed by atoms with E-state index in [1.54, 1.807) is 0 Å². The molecule has 1 fully saturated rings. The highest BCUT2D eigenvalue weighted by atomic mass is 35.5. The maximum Gasteiger partial charge on any atom is 0.204 e. The number of hydrogen-bond donors (Lipinski definition) is 1. The van der Waals surface area contributed by atoms with Gasteiger partial charge in [0.25, 0.3) is 0 Å². The number of para-hydroxylation sites is 2. The molecule has 3 atom stereocenters. The molecule has 0 saturated carbocycles. The fourth-order valence-corrected chi connectivity index (χ4v) is 5.50. The zero-order chi connectivity index (χ0) is 23.0. The fraction of sp³-hybridized carbons (Fsp3) is 0.556. The summed E-state index contributed by atoms with van der Waals surface area (Å²) in [6.45, 7) is 18.9. The van der Waals surface area contributed by atoms with E-state index in [9.17, 15) is 0 Å². The Bertz CT molecular complexity index is 782. The molecule has 32 heavy (non-hydrogen) atoms. The SMILES string of the molecule is CC(C)c1cccc(C(C)C)c1N1C[NH+](c2c(C(C)C)cccc2C(C)C)C(Cl)C1Cl.[Cl-]. The van der Waals surface area contributed by atoms with Gasteiger partial charge in [-0.15, -0.1) is 0 Å². The van der Waals surface area contributed by atoms with Crippen LogP contribution in [-0.2, 0) is 0 Å². The number of quaternary nitrogens is 1. The lowest BCUT2D eigenvalue weighted by atomic mass is 9.92. The molecule has 1 heterocycles. The van der Waals surface area contributed by atoms with Crippen molar-refractivity contribution in [2.24, 2.45) is 0 Å². The number of halogens is 3. The van der Waals surface area contributed by atoms with Gasteiger partial charge >= 0.3 is 0 Å². The Morgan fingerprint density at radius 2 is 1.09 bits per heavy atom. The largest absolute Gasteiger partial charge is 1.00 e. The van der Waals surface area contributed by atoms with Crippen molar-refractivity contribution < 1.29 is 17.3 Å². The van der Waals surface area contributed by atoms with Gasteiger partial charge in [0.05, 0.1) is 0 Å². The summed E-state index contributed by atoms with van der Waals surface area (Å²) in [6.07, 6.45) is 0. The molecule has 1 saturated heterocycles. The van der Waals surface area contributed by atoms with Crippen LogP contribution in [0.25, 0.3) is 0 Å². The second-order valence-corrected chi connectivity index (χ2v) is 11.1. The molecular formula is C27H39Cl3N2. The van der Waals surface area contributed by atoms with E-state index in [1.165, 1.54) is 38.5 Å². The predicted molar refractivity (Wildman–Crippen MR) is 136 cm³/mol. The minimum absolute atomic E-state index is 0. The quantitative estimate of drug-likeness (QED) is 0.462. The van der Waals surface area contributed by atoms with Crippen molar-refractivity contribution in [2.75, 3.05) is 11.6 Å². The first-order valence-electron chi connectivity index (χ1n) is 11.7. The number of nitrogens with zero attached hydrogens (tertiary/aromatic N) is 1. The molecule has 1 N–H and O–H groups in total. The van der Waals surface area contributed by atoms with Crippen LogP contribution in [0.15, 0.2) is 36.4 Å². The zero-order valence-electron chi connectivity index (χ0n) is 20.7. The maximum atomic E-state index is 7.11. The lowest BCUT2D eigenvalue weighted by molar-refractivity contribution is -0.831. The van der Waals surface area contributed by atoms with Crippen molar-refractivity contribution in [2.45, 2.75) is 90.1 Å². The van der Waals surface area contributed by atoms with Crippen molar-refractivity contribution >= 4 is 34.6 Å². The number of rotatable bonds is 6. The summed E-state index contributed by atoms with van der Waals surface area (Å²) in [5, 5.41) is 0. The first kappa shape index (κ1) is 27.3. The van der Waals surface area contributed by atoms with Crippen LogP contribution in [-0.4, -0.2) is 17.7 Å². The van der Waals surface area contributed by atoms with Crippen LogP contribution in [0.3, 0.4) is 0 Å². The Balaban J connectivity index is 0.00000363. The molecular weight excluding hydrogens is 459 g/mol. The van der Waals surface area contributed by atoms with E-state index in [-0.39, 0.29) is 23.4 Å². The average molecular weight is 498 g/mol. The van der Waals surface area contributed by atoms with Crippen molar-refractivity contribution in [1.29, 1.82) is 0 Å². The molecule has 2 nitrogen and oxygen atoms in total.